The molecule has 2 aromatic rings. The molecule has 2 saturated heterocycles. The Labute approximate surface area is 259 Å². The summed E-state index contributed by atoms with van der Waals surface area (Å²) >= 11 is 12.3. The standard InChI is InChI=1S/C25H35ClN2O2.C6H5Cl.2C2H6/c1-16-22-12-20(6-9-25(22,3)24(30)14-27-16)21-5-4-19(13-23(21)26)17(2)28-10-7-18(15-29)8-11-28;7-6-4-2-1-3-5-6;2*1-2/h4-5,13,16,18,20,22,27,29H,2,6-12,14-15H2,1,3H3;1-5H;2*1-2H3/t16?,20?,22?,25-;;;/m1.../s1. The van der Waals surface area contributed by atoms with Crippen molar-refractivity contribution in [1.82, 2.24) is 10.2 Å². The number of carbonyl (C=O) groups excluding carboxylic acids is 1. The average molecular weight is 604 g/mol. The molecule has 3 aliphatic rings. The number of nitrogens with zero attached hydrogens (tertiary/aromatic N) is 1. The number of benzene rings is 2. The molecule has 0 spiro atoms. The highest BCUT2D eigenvalue weighted by Gasteiger charge is 2.49. The number of Topliss-reactive ketones (excluding diaryl/α,β-unsaturated/α-hetero) is 1. The fourth-order valence-corrected chi connectivity index (χ4v) is 6.83. The molecule has 41 heavy (non-hydrogen) atoms. The number of hydrogen-bond donors (Lipinski definition) is 2. The molecule has 0 radical (unpaired) electrons. The molecular weight excluding hydrogens is 551 g/mol. The first-order valence-corrected chi connectivity index (χ1v) is 16.3. The Bertz CT molecular complexity index is 1080. The molecule has 2 aliphatic heterocycles. The van der Waals surface area contributed by atoms with Crippen molar-refractivity contribution in [3.8, 4) is 0 Å². The maximum Gasteiger partial charge on any atom is 0.152 e. The molecule has 0 bridgehead atoms. The van der Waals surface area contributed by atoms with Gasteiger partial charge < -0.3 is 15.3 Å². The van der Waals surface area contributed by atoms with Crippen LogP contribution >= 0.6 is 23.2 Å². The molecule has 6 heteroatoms. The molecular formula is C35H52Cl2N2O2. The van der Waals surface area contributed by atoms with Gasteiger partial charge in [-0.05, 0) is 86.1 Å². The minimum absolute atomic E-state index is 0.192. The van der Waals surface area contributed by atoms with Gasteiger partial charge in [0.15, 0.2) is 5.78 Å². The van der Waals surface area contributed by atoms with Crippen molar-refractivity contribution in [2.24, 2.45) is 17.3 Å². The molecule has 3 unspecified atom stereocenters. The highest BCUT2D eigenvalue weighted by atomic mass is 35.5. The van der Waals surface area contributed by atoms with E-state index in [0.29, 0.717) is 36.1 Å². The van der Waals surface area contributed by atoms with Crippen LogP contribution in [0.5, 0.6) is 0 Å². The minimum Gasteiger partial charge on any atom is -0.396 e. The van der Waals surface area contributed by atoms with Gasteiger partial charge in [-0.15, -0.1) is 0 Å². The second kappa shape index (κ2) is 17.3. The summed E-state index contributed by atoms with van der Waals surface area (Å²) in [7, 11) is 0. The lowest BCUT2D eigenvalue weighted by molar-refractivity contribution is -0.137. The number of fused-ring (bicyclic) bond motifs is 1. The van der Waals surface area contributed by atoms with E-state index in [0.717, 1.165) is 66.5 Å². The van der Waals surface area contributed by atoms with Gasteiger partial charge in [0.1, 0.15) is 0 Å². The van der Waals surface area contributed by atoms with E-state index < -0.39 is 0 Å². The number of halogens is 2. The first-order chi connectivity index (χ1) is 19.7. The van der Waals surface area contributed by atoms with Gasteiger partial charge in [-0.2, -0.15) is 0 Å². The van der Waals surface area contributed by atoms with Gasteiger partial charge in [-0.25, -0.2) is 0 Å². The summed E-state index contributed by atoms with van der Waals surface area (Å²) in [6, 6.07) is 16.2. The number of ketones is 1. The first kappa shape index (κ1) is 35.3. The summed E-state index contributed by atoms with van der Waals surface area (Å²) in [6.07, 6.45) is 4.98. The van der Waals surface area contributed by atoms with E-state index in [1.54, 1.807) is 0 Å². The van der Waals surface area contributed by atoms with E-state index in [4.69, 9.17) is 23.2 Å². The van der Waals surface area contributed by atoms with Crippen LogP contribution < -0.4 is 5.32 Å². The van der Waals surface area contributed by atoms with Gasteiger partial charge in [0, 0.05) is 46.9 Å². The Morgan fingerprint density at radius 2 is 1.68 bits per heavy atom. The molecule has 1 saturated carbocycles. The average Bonchev–Trinajstić information content (AvgIpc) is 3.02. The van der Waals surface area contributed by atoms with Crippen LogP contribution in [0.3, 0.4) is 0 Å². The lowest BCUT2D eigenvalue weighted by Gasteiger charge is -2.49. The summed E-state index contributed by atoms with van der Waals surface area (Å²) < 4.78 is 0. The topological polar surface area (TPSA) is 52.6 Å². The SMILES string of the molecule is C=C(c1ccc(C2CC[C@@]3(C)C(=O)CNC(C)C3C2)c(Cl)c1)N1CCC(CO)CC1.CC.CC.Clc1ccccc1. The summed E-state index contributed by atoms with van der Waals surface area (Å²) in [5.41, 5.74) is 3.11. The molecule has 2 N–H and O–H groups in total. The largest absolute Gasteiger partial charge is 0.396 e. The van der Waals surface area contributed by atoms with Gasteiger partial charge in [0.2, 0.25) is 0 Å². The fourth-order valence-electron chi connectivity index (χ4n) is 6.35. The summed E-state index contributed by atoms with van der Waals surface area (Å²) in [5, 5.41) is 14.4. The van der Waals surface area contributed by atoms with Crippen molar-refractivity contribution in [3.63, 3.8) is 0 Å². The molecule has 4 atom stereocenters. The zero-order valence-corrected chi connectivity index (χ0v) is 27.6. The van der Waals surface area contributed by atoms with E-state index >= 15 is 0 Å². The molecule has 1 aliphatic carbocycles. The Balaban J connectivity index is 0.000000456. The number of hydrogen-bond acceptors (Lipinski definition) is 4. The lowest BCUT2D eigenvalue weighted by Crippen LogP contribution is -2.57. The van der Waals surface area contributed by atoms with Gasteiger partial charge in [-0.1, -0.05) is 94.7 Å². The summed E-state index contributed by atoms with van der Waals surface area (Å²) in [5.74, 6) is 1.54. The third-order valence-electron chi connectivity index (χ3n) is 8.96. The van der Waals surface area contributed by atoms with Crippen LogP contribution in [0.15, 0.2) is 55.1 Å². The molecule has 3 fully saturated rings. The second-order valence-electron chi connectivity index (χ2n) is 11.2. The predicted octanol–water partition coefficient (Wildman–Crippen LogP) is 8.86. The van der Waals surface area contributed by atoms with E-state index in [9.17, 15) is 9.90 Å². The molecule has 2 aromatic carbocycles. The molecule has 5 rings (SSSR count). The quantitative estimate of drug-likeness (QED) is 0.367. The highest BCUT2D eigenvalue weighted by molar-refractivity contribution is 6.31. The molecule has 2 heterocycles. The number of aliphatic hydroxyl groups is 1. The fraction of sp³-hybridized carbons (Fsp3) is 0.571. The van der Waals surface area contributed by atoms with Crippen molar-refractivity contribution in [3.05, 3.63) is 76.3 Å². The van der Waals surface area contributed by atoms with Crippen LogP contribution in [0, 0.1) is 17.3 Å². The Kier molecular flexibility index (Phi) is 14.9. The van der Waals surface area contributed by atoms with Crippen molar-refractivity contribution in [2.75, 3.05) is 26.2 Å². The van der Waals surface area contributed by atoms with Crippen LogP contribution in [-0.2, 0) is 4.79 Å². The molecule has 0 aromatic heterocycles. The van der Waals surface area contributed by atoms with E-state index in [1.807, 2.05) is 58.0 Å². The molecule has 4 nitrogen and oxygen atoms in total. The second-order valence-corrected chi connectivity index (χ2v) is 12.0. The van der Waals surface area contributed by atoms with Crippen LogP contribution in [0.2, 0.25) is 10.0 Å². The maximum atomic E-state index is 12.6. The smallest absolute Gasteiger partial charge is 0.152 e. The van der Waals surface area contributed by atoms with Crippen LogP contribution in [0.25, 0.3) is 5.70 Å². The third kappa shape index (κ3) is 9.07. The number of aliphatic hydroxyl groups excluding tert-OH is 1. The van der Waals surface area contributed by atoms with E-state index in [-0.39, 0.29) is 12.0 Å². The van der Waals surface area contributed by atoms with Crippen molar-refractivity contribution in [1.29, 1.82) is 0 Å². The van der Waals surface area contributed by atoms with Gasteiger partial charge in [0.25, 0.3) is 0 Å². The lowest BCUT2D eigenvalue weighted by atomic mass is 9.58. The van der Waals surface area contributed by atoms with Crippen molar-refractivity contribution < 1.29 is 9.90 Å². The zero-order chi connectivity index (χ0) is 30.6. The summed E-state index contributed by atoms with van der Waals surface area (Å²) in [4.78, 5) is 14.9. The number of piperidine rings is 2. The Morgan fingerprint density at radius 1 is 1.05 bits per heavy atom. The third-order valence-corrected chi connectivity index (χ3v) is 9.53. The number of rotatable bonds is 4. The number of likely N-dealkylation sites (tertiary alicyclic amines) is 1. The maximum absolute atomic E-state index is 12.6. The zero-order valence-electron chi connectivity index (χ0n) is 26.1. The summed E-state index contributed by atoms with van der Waals surface area (Å²) in [6.45, 7) is 19.4. The van der Waals surface area contributed by atoms with Crippen LogP contribution in [-0.4, -0.2) is 48.1 Å². The molecule has 228 valence electrons. The monoisotopic (exact) mass is 602 g/mol. The van der Waals surface area contributed by atoms with Crippen molar-refractivity contribution in [2.45, 2.75) is 85.6 Å². The van der Waals surface area contributed by atoms with Gasteiger partial charge in [0.05, 0.1) is 6.54 Å². The van der Waals surface area contributed by atoms with Crippen LogP contribution in [0.1, 0.15) is 90.7 Å². The Hall–Kier alpha value is -1.85. The van der Waals surface area contributed by atoms with Gasteiger partial charge in [-0.3, -0.25) is 4.79 Å². The first-order valence-electron chi connectivity index (χ1n) is 15.5. The normalized spacial score (nSPS) is 25.7. The number of carbonyl (C=O) groups is 1. The molecule has 0 amide bonds. The van der Waals surface area contributed by atoms with Gasteiger partial charge >= 0.3 is 0 Å². The van der Waals surface area contributed by atoms with Crippen molar-refractivity contribution >= 4 is 34.7 Å². The highest BCUT2D eigenvalue weighted by Crippen LogP contribution is 2.51. The Morgan fingerprint density at radius 3 is 2.22 bits per heavy atom. The minimum atomic E-state index is -0.192. The van der Waals surface area contributed by atoms with Crippen LogP contribution in [0.4, 0.5) is 0 Å². The van der Waals surface area contributed by atoms with E-state index in [1.165, 1.54) is 5.56 Å². The van der Waals surface area contributed by atoms with E-state index in [2.05, 4.69) is 48.8 Å². The predicted molar refractivity (Wildman–Crippen MR) is 177 cm³/mol. The number of nitrogens with one attached hydrogen (secondary N) is 1.